The molecule has 0 spiro atoms. The second kappa shape index (κ2) is 11.4. The summed E-state index contributed by atoms with van der Waals surface area (Å²) in [7, 11) is 3.31. The first-order chi connectivity index (χ1) is 16.2. The minimum Gasteiger partial charge on any atom is -0.497 e. The Balaban J connectivity index is 2.06. The van der Waals surface area contributed by atoms with Crippen LogP contribution >= 0.6 is 0 Å². The van der Waals surface area contributed by atoms with Crippen molar-refractivity contribution in [2.24, 2.45) is 5.92 Å². The van der Waals surface area contributed by atoms with E-state index in [4.69, 9.17) is 4.74 Å². The van der Waals surface area contributed by atoms with Gasteiger partial charge in [0.25, 0.3) is 11.8 Å². The van der Waals surface area contributed by atoms with E-state index >= 15 is 0 Å². The van der Waals surface area contributed by atoms with Gasteiger partial charge in [0.05, 0.1) is 7.11 Å². The third-order valence-corrected chi connectivity index (χ3v) is 6.38. The van der Waals surface area contributed by atoms with Crippen molar-refractivity contribution in [3.63, 3.8) is 0 Å². The fourth-order valence-electron chi connectivity index (χ4n) is 4.69. The zero-order chi connectivity index (χ0) is 24.8. The lowest BCUT2D eigenvalue weighted by molar-refractivity contribution is 0.0605. The molecule has 0 radical (unpaired) electrons. The second-order valence-electron chi connectivity index (χ2n) is 9.57. The monoisotopic (exact) mass is 467 g/mol. The number of carbonyl (C=O) groups excluding carboxylic acids is 2. The third-order valence-electron chi connectivity index (χ3n) is 6.38. The zero-order valence-corrected chi connectivity index (χ0v) is 21.0. The molecule has 7 nitrogen and oxygen atoms in total. The number of likely N-dealkylation sites (tertiary alicyclic amines) is 1. The van der Waals surface area contributed by atoms with Gasteiger partial charge >= 0.3 is 0 Å². The summed E-state index contributed by atoms with van der Waals surface area (Å²) < 4.78 is 7.10. The number of carbonyl (C=O) groups is 2. The van der Waals surface area contributed by atoms with Gasteiger partial charge in [0.15, 0.2) is 0 Å². The highest BCUT2D eigenvalue weighted by atomic mass is 16.5. The highest BCUT2D eigenvalue weighted by Gasteiger charge is 2.30. The first-order valence-electron chi connectivity index (χ1n) is 12.2. The van der Waals surface area contributed by atoms with Crippen LogP contribution in [0.4, 0.5) is 0 Å². The maximum absolute atomic E-state index is 13.6. The Hall–Kier alpha value is -3.09. The summed E-state index contributed by atoms with van der Waals surface area (Å²) in [6.45, 7) is 7.67. The third kappa shape index (κ3) is 5.88. The zero-order valence-electron chi connectivity index (χ0n) is 21.0. The lowest BCUT2D eigenvalue weighted by Gasteiger charge is -2.35. The van der Waals surface area contributed by atoms with E-state index < -0.39 is 5.43 Å². The Kier molecular flexibility index (Phi) is 8.53. The molecule has 1 saturated heterocycles. The van der Waals surface area contributed by atoms with E-state index in [9.17, 15) is 14.4 Å². The second-order valence-corrected chi connectivity index (χ2v) is 9.57. The van der Waals surface area contributed by atoms with E-state index in [1.165, 1.54) is 0 Å². The summed E-state index contributed by atoms with van der Waals surface area (Å²) in [5.41, 5.74) is 0.543. The molecule has 2 aromatic rings. The van der Waals surface area contributed by atoms with Gasteiger partial charge in [-0.05, 0) is 49.3 Å². The Labute approximate surface area is 202 Å². The Morgan fingerprint density at radius 3 is 2.59 bits per heavy atom. The summed E-state index contributed by atoms with van der Waals surface area (Å²) in [4.78, 5) is 43.7. The Morgan fingerprint density at radius 2 is 1.91 bits per heavy atom. The molecule has 3 rings (SSSR count). The van der Waals surface area contributed by atoms with E-state index in [2.05, 4.69) is 6.92 Å². The van der Waals surface area contributed by atoms with Crippen LogP contribution in [0.25, 0.3) is 0 Å². The van der Waals surface area contributed by atoms with E-state index in [-0.39, 0.29) is 34.9 Å². The number of rotatable bonds is 8. The van der Waals surface area contributed by atoms with E-state index in [1.807, 2.05) is 43.0 Å². The molecular weight excluding hydrogens is 430 g/mol. The van der Waals surface area contributed by atoms with Crippen molar-refractivity contribution in [1.82, 2.24) is 14.4 Å². The quantitative estimate of drug-likeness (QED) is 0.588. The molecule has 0 saturated carbocycles. The van der Waals surface area contributed by atoms with Gasteiger partial charge in [-0.1, -0.05) is 32.9 Å². The lowest BCUT2D eigenvalue weighted by Crippen LogP contribution is -2.45. The summed E-state index contributed by atoms with van der Waals surface area (Å²) >= 11 is 0. The van der Waals surface area contributed by atoms with Crippen LogP contribution in [-0.4, -0.2) is 59.5 Å². The number of hydrogen-bond donors (Lipinski definition) is 0. The van der Waals surface area contributed by atoms with Crippen molar-refractivity contribution in [3.05, 3.63) is 63.6 Å². The predicted molar refractivity (Wildman–Crippen MR) is 134 cm³/mol. The number of nitrogens with zero attached hydrogens (tertiary/aromatic N) is 3. The van der Waals surface area contributed by atoms with Crippen LogP contribution in [0.5, 0.6) is 5.75 Å². The van der Waals surface area contributed by atoms with Crippen molar-refractivity contribution < 1.29 is 14.3 Å². The smallest absolute Gasteiger partial charge is 0.259 e. The number of pyridine rings is 1. The van der Waals surface area contributed by atoms with Gasteiger partial charge in [-0.2, -0.15) is 0 Å². The van der Waals surface area contributed by atoms with Crippen molar-refractivity contribution >= 4 is 11.8 Å². The average Bonchev–Trinajstić information content (AvgIpc) is 2.83. The van der Waals surface area contributed by atoms with Gasteiger partial charge < -0.3 is 19.1 Å². The molecule has 7 heteroatoms. The van der Waals surface area contributed by atoms with Crippen molar-refractivity contribution in [1.29, 1.82) is 0 Å². The molecule has 1 aromatic heterocycles. The highest BCUT2D eigenvalue weighted by Crippen LogP contribution is 2.22. The van der Waals surface area contributed by atoms with E-state index in [0.717, 1.165) is 37.0 Å². The van der Waals surface area contributed by atoms with Gasteiger partial charge in [0, 0.05) is 45.1 Å². The predicted octanol–water partition coefficient (Wildman–Crippen LogP) is 4.04. The number of methoxy groups -OCH3 is 1. The number of piperidine rings is 1. The largest absolute Gasteiger partial charge is 0.497 e. The SMILES string of the molecule is CC[C@@H]1CCCCN1C(=O)c1cn(Cc2cccc(OC)c2)cc(C(=O)N(C)CC(C)C)c1=O. The molecule has 1 atom stereocenters. The molecule has 1 aliphatic rings. The first-order valence-corrected chi connectivity index (χ1v) is 12.2. The lowest BCUT2D eigenvalue weighted by atomic mass is 9.98. The molecule has 1 fully saturated rings. The summed E-state index contributed by atoms with van der Waals surface area (Å²) in [6.07, 6.45) is 6.97. The van der Waals surface area contributed by atoms with Crippen molar-refractivity contribution in [2.75, 3.05) is 27.2 Å². The molecule has 0 bridgehead atoms. The Morgan fingerprint density at radius 1 is 1.18 bits per heavy atom. The Bertz CT molecular complexity index is 1080. The van der Waals surface area contributed by atoms with Crippen molar-refractivity contribution in [2.45, 2.75) is 59.0 Å². The topological polar surface area (TPSA) is 71.8 Å². The normalized spacial score (nSPS) is 15.9. The number of hydrogen-bond acceptors (Lipinski definition) is 4. The molecule has 34 heavy (non-hydrogen) atoms. The molecular formula is C27H37N3O4. The van der Waals surface area contributed by atoms with Gasteiger partial charge in [-0.3, -0.25) is 14.4 Å². The molecule has 0 N–H and O–H groups in total. The number of amides is 2. The molecule has 2 amide bonds. The van der Waals surface area contributed by atoms with Crippen LogP contribution < -0.4 is 10.2 Å². The standard InChI is InChI=1S/C27H37N3O4/c1-6-21-11-7-8-13-30(21)27(33)24-18-29(16-20-10-9-12-22(14-20)34-5)17-23(25(24)31)26(32)28(4)15-19(2)3/h9-10,12,14,17-19,21H,6-8,11,13,15-16H2,1-5H3/t21-/m1/s1. The van der Waals surface area contributed by atoms with Gasteiger partial charge in [-0.25, -0.2) is 0 Å². The van der Waals surface area contributed by atoms with Gasteiger partial charge in [0.2, 0.25) is 5.43 Å². The van der Waals surface area contributed by atoms with Crippen LogP contribution in [0.15, 0.2) is 41.5 Å². The minimum absolute atomic E-state index is 0.0296. The van der Waals surface area contributed by atoms with Crippen LogP contribution in [0.3, 0.4) is 0 Å². The molecule has 0 unspecified atom stereocenters. The molecule has 1 aliphatic heterocycles. The average molecular weight is 468 g/mol. The van der Waals surface area contributed by atoms with Crippen LogP contribution in [-0.2, 0) is 6.54 Å². The molecule has 0 aliphatic carbocycles. The fourth-order valence-corrected chi connectivity index (χ4v) is 4.69. The molecule has 1 aromatic carbocycles. The summed E-state index contributed by atoms with van der Waals surface area (Å²) in [5, 5.41) is 0. The summed E-state index contributed by atoms with van der Waals surface area (Å²) in [5.74, 6) is 0.342. The maximum Gasteiger partial charge on any atom is 0.259 e. The highest BCUT2D eigenvalue weighted by molar-refractivity contribution is 5.99. The van der Waals surface area contributed by atoms with Gasteiger partial charge in [0.1, 0.15) is 16.9 Å². The number of benzene rings is 1. The van der Waals surface area contributed by atoms with E-state index in [1.54, 1.807) is 36.0 Å². The fraction of sp³-hybridized carbons (Fsp3) is 0.519. The van der Waals surface area contributed by atoms with Crippen LogP contribution in [0, 0.1) is 5.92 Å². The van der Waals surface area contributed by atoms with Crippen molar-refractivity contribution in [3.8, 4) is 5.75 Å². The van der Waals surface area contributed by atoms with Crippen LogP contribution in [0.2, 0.25) is 0 Å². The van der Waals surface area contributed by atoms with Gasteiger partial charge in [-0.15, -0.1) is 0 Å². The van der Waals surface area contributed by atoms with E-state index in [0.29, 0.717) is 19.6 Å². The van der Waals surface area contributed by atoms with Crippen LogP contribution in [0.1, 0.15) is 72.7 Å². The number of ether oxygens (including phenoxy) is 1. The minimum atomic E-state index is -0.493. The molecule has 184 valence electrons. The summed E-state index contributed by atoms with van der Waals surface area (Å²) in [6, 6.07) is 7.73. The maximum atomic E-state index is 13.6. The molecule has 2 heterocycles. The number of aromatic nitrogens is 1. The first kappa shape index (κ1) is 25.5.